The van der Waals surface area contributed by atoms with Gasteiger partial charge in [0, 0.05) is 0 Å². The second-order valence-electron chi connectivity index (χ2n) is 5.69. The number of pyridine rings is 1. The predicted octanol–water partition coefficient (Wildman–Crippen LogP) is 3.77. The minimum Gasteiger partial charge on any atom is -0.372 e. The van der Waals surface area contributed by atoms with Crippen LogP contribution in [0.2, 0.25) is 0 Å². The van der Waals surface area contributed by atoms with Crippen LogP contribution in [-0.2, 0) is 30.5 Å². The fraction of sp³-hybridized carbons (Fsp3) is 0.235. The van der Waals surface area contributed by atoms with Crippen molar-refractivity contribution in [2.75, 3.05) is 0 Å². The van der Waals surface area contributed by atoms with Crippen LogP contribution in [0.25, 0.3) is 11.5 Å². The van der Waals surface area contributed by atoms with E-state index in [2.05, 4.69) is 15.1 Å². The lowest BCUT2D eigenvalue weighted by Gasteiger charge is -2.05. The number of hydrogen-bond donors (Lipinski definition) is 0. The number of hydrogen-bond acceptors (Lipinski definition) is 5. The topological polar surface area (TPSA) is 61.0 Å². The van der Waals surface area contributed by atoms with E-state index in [-0.39, 0.29) is 11.5 Å². The molecule has 0 spiro atoms. The molecule has 0 N–H and O–H groups in total. The highest BCUT2D eigenvalue weighted by Crippen LogP contribution is 2.29. The molecule has 0 fully saturated rings. The summed E-state index contributed by atoms with van der Waals surface area (Å²) in [5, 5.41) is 3.74. The number of alkyl halides is 3. The average Bonchev–Trinajstić information content (AvgIpc) is 3.23. The van der Waals surface area contributed by atoms with E-state index < -0.39 is 11.9 Å². The molecule has 3 heterocycles. The minimum absolute atomic E-state index is 0.0205. The number of halogens is 3. The van der Waals surface area contributed by atoms with Crippen LogP contribution < -0.4 is 0 Å². The molecule has 3 aromatic rings. The zero-order valence-electron chi connectivity index (χ0n) is 12.9. The van der Waals surface area contributed by atoms with Crippen molar-refractivity contribution in [1.82, 2.24) is 15.1 Å². The Kier molecular flexibility index (Phi) is 3.76. The predicted molar refractivity (Wildman–Crippen MR) is 80.3 cm³/mol. The van der Waals surface area contributed by atoms with Gasteiger partial charge in [-0.3, -0.25) is 0 Å². The van der Waals surface area contributed by atoms with Gasteiger partial charge in [-0.1, -0.05) is 29.4 Å². The van der Waals surface area contributed by atoms with Crippen LogP contribution in [0.1, 0.15) is 28.3 Å². The van der Waals surface area contributed by atoms with Crippen molar-refractivity contribution in [1.29, 1.82) is 0 Å². The molecule has 0 atom stereocenters. The van der Waals surface area contributed by atoms with Gasteiger partial charge in [-0.2, -0.15) is 18.2 Å². The largest absolute Gasteiger partial charge is 0.433 e. The summed E-state index contributed by atoms with van der Waals surface area (Å²) in [6, 6.07) is 9.52. The summed E-state index contributed by atoms with van der Waals surface area (Å²) in [6.45, 7) is 1.19. The summed E-state index contributed by atoms with van der Waals surface area (Å²) in [7, 11) is 0. The Morgan fingerprint density at radius 3 is 2.68 bits per heavy atom. The van der Waals surface area contributed by atoms with Gasteiger partial charge in [0.2, 0.25) is 11.7 Å². The first kappa shape index (κ1) is 15.8. The van der Waals surface area contributed by atoms with Crippen LogP contribution in [0.4, 0.5) is 13.2 Å². The molecule has 2 aromatic heterocycles. The maximum absolute atomic E-state index is 12.7. The van der Waals surface area contributed by atoms with E-state index in [1.54, 1.807) is 0 Å². The summed E-state index contributed by atoms with van der Waals surface area (Å²) in [4.78, 5) is 7.71. The van der Waals surface area contributed by atoms with Gasteiger partial charge in [-0.25, -0.2) is 4.98 Å². The van der Waals surface area contributed by atoms with E-state index in [0.717, 1.165) is 22.8 Å². The van der Waals surface area contributed by atoms with Crippen molar-refractivity contribution < 1.29 is 22.4 Å². The standard InChI is InChI=1S/C17H12F3N3O2/c18-17(19,20)14-3-1-2-13(21-14)16-22-15(25-23-16)7-10-4-5-11-8-24-9-12(11)6-10/h1-6H,7-9H2. The zero-order valence-corrected chi connectivity index (χ0v) is 12.9. The fourth-order valence-electron chi connectivity index (χ4n) is 2.66. The normalized spacial score (nSPS) is 13.9. The summed E-state index contributed by atoms with van der Waals surface area (Å²) in [6.07, 6.45) is -4.13. The number of nitrogens with zero attached hydrogens (tertiary/aromatic N) is 3. The molecule has 4 rings (SSSR count). The third kappa shape index (κ3) is 3.25. The van der Waals surface area contributed by atoms with Crippen LogP contribution in [0.5, 0.6) is 0 Å². The SMILES string of the molecule is FC(F)(F)c1cccc(-c2noc(Cc3ccc4c(c3)COC4)n2)n1. The zero-order chi connectivity index (χ0) is 17.4. The summed E-state index contributed by atoms with van der Waals surface area (Å²) in [5.74, 6) is 0.346. The maximum atomic E-state index is 12.7. The van der Waals surface area contributed by atoms with Crippen molar-refractivity contribution in [2.45, 2.75) is 25.8 Å². The molecule has 0 radical (unpaired) electrons. The van der Waals surface area contributed by atoms with Crippen molar-refractivity contribution in [3.8, 4) is 11.5 Å². The van der Waals surface area contributed by atoms with Crippen LogP contribution in [0.3, 0.4) is 0 Å². The lowest BCUT2D eigenvalue weighted by Crippen LogP contribution is -2.08. The van der Waals surface area contributed by atoms with Crippen LogP contribution in [0.15, 0.2) is 40.9 Å². The highest BCUT2D eigenvalue weighted by Gasteiger charge is 2.32. The van der Waals surface area contributed by atoms with E-state index in [4.69, 9.17) is 9.26 Å². The lowest BCUT2D eigenvalue weighted by molar-refractivity contribution is -0.141. The van der Waals surface area contributed by atoms with Gasteiger partial charge in [-0.05, 0) is 28.8 Å². The van der Waals surface area contributed by atoms with Crippen molar-refractivity contribution in [2.24, 2.45) is 0 Å². The molecular weight excluding hydrogens is 335 g/mol. The quantitative estimate of drug-likeness (QED) is 0.722. The second-order valence-corrected chi connectivity index (χ2v) is 5.69. The van der Waals surface area contributed by atoms with Gasteiger partial charge >= 0.3 is 6.18 Å². The third-order valence-electron chi connectivity index (χ3n) is 3.88. The molecule has 1 aromatic carbocycles. The fourth-order valence-corrected chi connectivity index (χ4v) is 2.66. The maximum Gasteiger partial charge on any atom is 0.433 e. The highest BCUT2D eigenvalue weighted by atomic mass is 19.4. The van der Waals surface area contributed by atoms with Gasteiger partial charge in [0.15, 0.2) is 0 Å². The number of benzene rings is 1. The molecule has 1 aliphatic rings. The molecular formula is C17H12F3N3O2. The van der Waals surface area contributed by atoms with Gasteiger partial charge in [0.05, 0.1) is 19.6 Å². The van der Waals surface area contributed by atoms with E-state index in [1.165, 1.54) is 12.1 Å². The first-order valence-electron chi connectivity index (χ1n) is 7.55. The average molecular weight is 347 g/mol. The van der Waals surface area contributed by atoms with Crippen molar-refractivity contribution in [3.05, 3.63) is 64.7 Å². The van der Waals surface area contributed by atoms with Crippen LogP contribution >= 0.6 is 0 Å². The Morgan fingerprint density at radius 1 is 1.00 bits per heavy atom. The van der Waals surface area contributed by atoms with E-state index in [1.807, 2.05) is 18.2 Å². The Labute approximate surface area is 140 Å². The Hall–Kier alpha value is -2.74. The summed E-state index contributed by atoms with van der Waals surface area (Å²) in [5.41, 5.74) is 2.28. The highest BCUT2D eigenvalue weighted by molar-refractivity contribution is 5.48. The smallest absolute Gasteiger partial charge is 0.372 e. The molecule has 0 unspecified atom stereocenters. The van der Waals surface area contributed by atoms with E-state index in [9.17, 15) is 13.2 Å². The van der Waals surface area contributed by atoms with E-state index in [0.29, 0.717) is 25.5 Å². The van der Waals surface area contributed by atoms with Crippen LogP contribution in [-0.4, -0.2) is 15.1 Å². The number of ether oxygens (including phenoxy) is 1. The molecule has 5 nitrogen and oxygen atoms in total. The van der Waals surface area contributed by atoms with Gasteiger partial charge in [0.25, 0.3) is 0 Å². The number of fused-ring (bicyclic) bond motifs is 1. The molecule has 0 saturated heterocycles. The van der Waals surface area contributed by atoms with Crippen molar-refractivity contribution in [3.63, 3.8) is 0 Å². The molecule has 0 saturated carbocycles. The van der Waals surface area contributed by atoms with Gasteiger partial charge in [-0.15, -0.1) is 0 Å². The molecule has 128 valence electrons. The third-order valence-corrected chi connectivity index (χ3v) is 3.88. The summed E-state index contributed by atoms with van der Waals surface area (Å²) < 4.78 is 48.8. The molecule has 0 bridgehead atoms. The number of aromatic nitrogens is 3. The number of rotatable bonds is 3. The molecule has 0 amide bonds. The Morgan fingerprint density at radius 2 is 1.84 bits per heavy atom. The molecule has 25 heavy (non-hydrogen) atoms. The summed E-state index contributed by atoms with van der Waals surface area (Å²) >= 11 is 0. The Bertz CT molecular complexity index is 921. The monoisotopic (exact) mass is 347 g/mol. The van der Waals surface area contributed by atoms with E-state index >= 15 is 0 Å². The van der Waals surface area contributed by atoms with Gasteiger partial charge < -0.3 is 9.26 Å². The van der Waals surface area contributed by atoms with Crippen molar-refractivity contribution >= 4 is 0 Å². The van der Waals surface area contributed by atoms with Gasteiger partial charge in [0.1, 0.15) is 11.4 Å². The lowest BCUT2D eigenvalue weighted by atomic mass is 10.0. The second kappa shape index (κ2) is 5.96. The molecule has 0 aliphatic carbocycles. The Balaban J connectivity index is 1.56. The molecule has 8 heteroatoms. The van der Waals surface area contributed by atoms with Crippen LogP contribution in [0, 0.1) is 0 Å². The minimum atomic E-state index is -4.52. The first-order chi connectivity index (χ1) is 12.0. The first-order valence-corrected chi connectivity index (χ1v) is 7.55. The molecule has 1 aliphatic heterocycles.